The van der Waals surface area contributed by atoms with Gasteiger partial charge in [0.2, 0.25) is 5.82 Å². The Bertz CT molecular complexity index is 670. The van der Waals surface area contributed by atoms with Crippen LogP contribution < -0.4 is 5.73 Å². The highest BCUT2D eigenvalue weighted by Gasteiger charge is 2.16. The van der Waals surface area contributed by atoms with Gasteiger partial charge in [0.1, 0.15) is 10.7 Å². The van der Waals surface area contributed by atoms with E-state index in [9.17, 15) is 0 Å². The Balaban J connectivity index is 1.96. The first kappa shape index (κ1) is 11.1. The largest absolute Gasteiger partial charge is 0.461 e. The van der Waals surface area contributed by atoms with E-state index in [2.05, 4.69) is 15.1 Å². The summed E-state index contributed by atoms with van der Waals surface area (Å²) in [5, 5.41) is 6.56. The summed E-state index contributed by atoms with van der Waals surface area (Å²) in [5.74, 6) is 1.41. The smallest absolute Gasteiger partial charge is 0.277 e. The van der Waals surface area contributed by atoms with Crippen LogP contribution in [-0.4, -0.2) is 15.1 Å². The fourth-order valence-electron chi connectivity index (χ4n) is 1.52. The zero-order valence-corrected chi connectivity index (χ0v) is 10.4. The van der Waals surface area contributed by atoms with E-state index >= 15 is 0 Å². The minimum Gasteiger partial charge on any atom is -0.461 e. The Labute approximate surface area is 106 Å². The summed E-state index contributed by atoms with van der Waals surface area (Å²) in [5.41, 5.74) is 7.11. The summed E-state index contributed by atoms with van der Waals surface area (Å²) in [7, 11) is 0. The van der Waals surface area contributed by atoms with E-state index in [-0.39, 0.29) is 0 Å². The maximum atomic E-state index is 5.51. The number of nitrogens with two attached hydrogens (primary N) is 1. The van der Waals surface area contributed by atoms with Gasteiger partial charge in [0.25, 0.3) is 5.89 Å². The molecule has 0 radical (unpaired) electrons. The van der Waals surface area contributed by atoms with E-state index in [0.29, 0.717) is 29.7 Å². The lowest BCUT2D eigenvalue weighted by molar-refractivity contribution is 0.428. The molecule has 0 aliphatic carbocycles. The number of hydrogen-bond donors (Lipinski definition) is 1. The van der Waals surface area contributed by atoms with E-state index in [1.54, 1.807) is 6.26 Å². The first-order chi connectivity index (χ1) is 8.78. The number of aryl methyl sites for hydroxylation is 1. The highest BCUT2D eigenvalue weighted by Crippen LogP contribution is 2.25. The number of aromatic nitrogens is 3. The van der Waals surface area contributed by atoms with Crippen LogP contribution >= 0.6 is 11.3 Å². The number of rotatable bonds is 3. The van der Waals surface area contributed by atoms with Crippen LogP contribution in [-0.2, 0) is 6.54 Å². The van der Waals surface area contributed by atoms with Crippen molar-refractivity contribution in [1.29, 1.82) is 0 Å². The number of nitrogens with zero attached hydrogens (tertiary/aromatic N) is 3. The predicted molar refractivity (Wildman–Crippen MR) is 65.7 cm³/mol. The van der Waals surface area contributed by atoms with Gasteiger partial charge < -0.3 is 14.7 Å². The zero-order valence-electron chi connectivity index (χ0n) is 9.58. The third kappa shape index (κ3) is 1.83. The van der Waals surface area contributed by atoms with E-state index in [0.717, 1.165) is 10.6 Å². The van der Waals surface area contributed by atoms with Gasteiger partial charge in [0.15, 0.2) is 5.76 Å². The molecule has 3 rings (SSSR count). The van der Waals surface area contributed by atoms with Crippen LogP contribution in [0, 0.1) is 6.92 Å². The molecule has 0 saturated heterocycles. The standard InChI is InChI=1S/C11H10N4O2S/c1-6-2-3-16-9(6)10-14-11(17-15-10)7-5-18-8(4-12)13-7/h2-3,5H,4,12H2,1H3. The fraction of sp³-hybridized carbons (Fsp3) is 0.182. The predicted octanol–water partition coefficient (Wildman–Crippen LogP) is 2.22. The SMILES string of the molecule is Cc1ccoc1-c1noc(-c2csc(CN)n2)n1. The molecule has 0 atom stereocenters. The van der Waals surface area contributed by atoms with Crippen LogP contribution in [0.25, 0.3) is 23.2 Å². The second-order valence-corrected chi connectivity index (χ2v) is 4.63. The molecule has 0 fully saturated rings. The van der Waals surface area contributed by atoms with Crippen LogP contribution in [0.3, 0.4) is 0 Å². The molecule has 0 spiro atoms. The van der Waals surface area contributed by atoms with Crippen molar-refractivity contribution in [2.24, 2.45) is 5.73 Å². The van der Waals surface area contributed by atoms with Gasteiger partial charge in [-0.3, -0.25) is 0 Å². The van der Waals surface area contributed by atoms with Crippen molar-refractivity contribution in [3.63, 3.8) is 0 Å². The van der Waals surface area contributed by atoms with Gasteiger partial charge in [-0.05, 0) is 18.6 Å². The van der Waals surface area contributed by atoms with Crippen molar-refractivity contribution in [3.8, 4) is 23.2 Å². The molecule has 0 unspecified atom stereocenters. The van der Waals surface area contributed by atoms with Crippen molar-refractivity contribution >= 4 is 11.3 Å². The van der Waals surface area contributed by atoms with Crippen LogP contribution in [0.5, 0.6) is 0 Å². The monoisotopic (exact) mass is 262 g/mol. The van der Waals surface area contributed by atoms with E-state index in [1.165, 1.54) is 11.3 Å². The lowest BCUT2D eigenvalue weighted by atomic mass is 10.3. The summed E-state index contributed by atoms with van der Waals surface area (Å²) in [6, 6.07) is 1.85. The minimum atomic E-state index is 0.372. The maximum absolute atomic E-state index is 5.51. The van der Waals surface area contributed by atoms with E-state index < -0.39 is 0 Å². The zero-order chi connectivity index (χ0) is 12.5. The highest BCUT2D eigenvalue weighted by molar-refractivity contribution is 7.09. The maximum Gasteiger partial charge on any atom is 0.277 e. The number of furan rings is 1. The van der Waals surface area contributed by atoms with Crippen molar-refractivity contribution < 1.29 is 8.94 Å². The normalized spacial score (nSPS) is 11.0. The molecule has 3 aromatic heterocycles. The van der Waals surface area contributed by atoms with Crippen molar-refractivity contribution in [1.82, 2.24) is 15.1 Å². The molecule has 6 nitrogen and oxygen atoms in total. The minimum absolute atomic E-state index is 0.372. The molecular weight excluding hydrogens is 252 g/mol. The first-order valence-electron chi connectivity index (χ1n) is 5.31. The van der Waals surface area contributed by atoms with Gasteiger partial charge >= 0.3 is 0 Å². The molecule has 7 heteroatoms. The van der Waals surface area contributed by atoms with Gasteiger partial charge in [0.05, 0.1) is 6.26 Å². The molecular formula is C11H10N4O2S. The Kier molecular flexibility index (Phi) is 2.69. The van der Waals surface area contributed by atoms with Gasteiger partial charge in [-0.2, -0.15) is 4.98 Å². The second kappa shape index (κ2) is 4.35. The molecule has 0 aliphatic rings. The Hall–Kier alpha value is -1.99. The Morgan fingerprint density at radius 1 is 1.39 bits per heavy atom. The van der Waals surface area contributed by atoms with Crippen LogP contribution in [0.15, 0.2) is 26.6 Å². The molecule has 18 heavy (non-hydrogen) atoms. The average molecular weight is 262 g/mol. The van der Waals surface area contributed by atoms with Crippen LogP contribution in [0.1, 0.15) is 10.6 Å². The Morgan fingerprint density at radius 3 is 2.94 bits per heavy atom. The molecule has 3 aromatic rings. The summed E-state index contributed by atoms with van der Waals surface area (Å²) in [4.78, 5) is 8.55. The second-order valence-electron chi connectivity index (χ2n) is 3.69. The number of hydrogen-bond acceptors (Lipinski definition) is 7. The Morgan fingerprint density at radius 2 is 2.28 bits per heavy atom. The number of thiazole rings is 1. The van der Waals surface area contributed by atoms with Crippen LogP contribution in [0.4, 0.5) is 0 Å². The third-order valence-electron chi connectivity index (χ3n) is 2.44. The average Bonchev–Trinajstić information content (AvgIpc) is 3.07. The molecule has 0 saturated carbocycles. The molecule has 0 bridgehead atoms. The van der Waals surface area contributed by atoms with E-state index in [1.807, 2.05) is 18.4 Å². The van der Waals surface area contributed by atoms with Crippen molar-refractivity contribution in [2.75, 3.05) is 0 Å². The third-order valence-corrected chi connectivity index (χ3v) is 3.31. The van der Waals surface area contributed by atoms with Gasteiger partial charge in [-0.1, -0.05) is 5.16 Å². The molecule has 92 valence electrons. The summed E-state index contributed by atoms with van der Waals surface area (Å²) >= 11 is 1.47. The van der Waals surface area contributed by atoms with Crippen molar-refractivity contribution in [2.45, 2.75) is 13.5 Å². The molecule has 3 heterocycles. The topological polar surface area (TPSA) is 91.0 Å². The summed E-state index contributed by atoms with van der Waals surface area (Å²) in [6.07, 6.45) is 1.59. The molecule has 0 aromatic carbocycles. The molecule has 2 N–H and O–H groups in total. The summed E-state index contributed by atoms with van der Waals surface area (Å²) in [6.45, 7) is 2.33. The lowest BCUT2D eigenvalue weighted by Crippen LogP contribution is -1.94. The summed E-state index contributed by atoms with van der Waals surface area (Å²) < 4.78 is 10.5. The van der Waals surface area contributed by atoms with Gasteiger partial charge in [-0.25, -0.2) is 4.98 Å². The highest BCUT2D eigenvalue weighted by atomic mass is 32.1. The van der Waals surface area contributed by atoms with E-state index in [4.69, 9.17) is 14.7 Å². The van der Waals surface area contributed by atoms with Crippen LogP contribution in [0.2, 0.25) is 0 Å². The first-order valence-corrected chi connectivity index (χ1v) is 6.19. The van der Waals surface area contributed by atoms with Gasteiger partial charge in [-0.15, -0.1) is 11.3 Å². The van der Waals surface area contributed by atoms with Crippen molar-refractivity contribution in [3.05, 3.63) is 28.3 Å². The quantitative estimate of drug-likeness (QED) is 0.778. The molecule has 0 amide bonds. The molecule has 0 aliphatic heterocycles. The fourth-order valence-corrected chi connectivity index (χ4v) is 2.17. The van der Waals surface area contributed by atoms with Gasteiger partial charge in [0, 0.05) is 11.9 Å². The lowest BCUT2D eigenvalue weighted by Gasteiger charge is -1.87.